The molecule has 2 N–H and O–H groups in total. The molecule has 1 aliphatic heterocycles. The van der Waals surface area contributed by atoms with Crippen molar-refractivity contribution in [3.63, 3.8) is 0 Å². The number of thiophene rings is 1. The molecule has 2 aromatic heterocycles. The highest BCUT2D eigenvalue weighted by Gasteiger charge is 2.19. The van der Waals surface area contributed by atoms with Crippen LogP contribution in [0.15, 0.2) is 58.5 Å². The largest absolute Gasteiger partial charge is 0.376 e. The predicted molar refractivity (Wildman–Crippen MR) is 148 cm³/mol. The molecule has 1 fully saturated rings. The summed E-state index contributed by atoms with van der Waals surface area (Å²) in [5, 5.41) is 6.72. The lowest BCUT2D eigenvalue weighted by Crippen LogP contribution is -2.32. The Balaban J connectivity index is 1.32. The monoisotopic (exact) mass is 554 g/mol. The van der Waals surface area contributed by atoms with Gasteiger partial charge in [-0.3, -0.25) is 19.0 Å². The third kappa shape index (κ3) is 6.06. The molecule has 4 aromatic rings. The van der Waals surface area contributed by atoms with Crippen LogP contribution in [0.1, 0.15) is 25.7 Å². The number of halogens is 1. The van der Waals surface area contributed by atoms with Gasteiger partial charge in [-0.15, -0.1) is 11.3 Å². The van der Waals surface area contributed by atoms with E-state index < -0.39 is 11.7 Å². The molecule has 11 heteroatoms. The normalized spacial score (nSPS) is 15.2. The molecule has 0 aliphatic carbocycles. The number of nitrogens with zero attached hydrogens (tertiary/aromatic N) is 2. The summed E-state index contributed by atoms with van der Waals surface area (Å²) in [6.07, 6.45) is 2.71. The molecule has 0 unspecified atom stereocenters. The van der Waals surface area contributed by atoms with Gasteiger partial charge in [0.15, 0.2) is 5.16 Å². The van der Waals surface area contributed by atoms with E-state index in [1.165, 1.54) is 28.0 Å². The number of aromatic nitrogens is 2. The number of ether oxygens (including phenoxy) is 1. The molecule has 1 aliphatic rings. The molecular weight excluding hydrogens is 527 g/mol. The van der Waals surface area contributed by atoms with Crippen LogP contribution in [-0.2, 0) is 20.9 Å². The zero-order valence-electron chi connectivity index (χ0n) is 20.6. The lowest BCUT2D eigenvalue weighted by atomic mass is 10.2. The lowest BCUT2D eigenvalue weighted by molar-refractivity contribution is -0.121. The number of para-hydroxylation sites is 1. The molecule has 1 atom stereocenters. The van der Waals surface area contributed by atoms with Crippen LogP contribution >= 0.6 is 23.1 Å². The number of thioether (sulfide) groups is 1. The molecule has 8 nitrogen and oxygen atoms in total. The Hall–Kier alpha value is -3.28. The first kappa shape index (κ1) is 26.3. The molecule has 1 saturated heterocycles. The van der Waals surface area contributed by atoms with E-state index in [1.54, 1.807) is 12.1 Å². The smallest absolute Gasteiger partial charge is 0.272 e. The molecule has 2 amide bonds. The first-order chi connectivity index (χ1) is 18.5. The van der Waals surface area contributed by atoms with Gasteiger partial charge in [-0.25, -0.2) is 9.37 Å². The summed E-state index contributed by atoms with van der Waals surface area (Å²) in [7, 11) is 0. The highest BCUT2D eigenvalue weighted by atomic mass is 32.2. The number of carbonyl (C=O) groups is 2. The van der Waals surface area contributed by atoms with Gasteiger partial charge in [0.1, 0.15) is 10.5 Å². The minimum atomic E-state index is -0.523. The number of amides is 2. The minimum absolute atomic E-state index is 0.0593. The number of anilines is 1. The SMILES string of the molecule is O=C(CCCn1c(SCC(=O)Nc2ccccc2F)nc2c(sc3ccccc32)c1=O)NC[C@@H]1CCCO1. The maximum atomic E-state index is 13.9. The van der Waals surface area contributed by atoms with Crippen molar-refractivity contribution < 1.29 is 18.7 Å². The van der Waals surface area contributed by atoms with E-state index in [4.69, 9.17) is 9.72 Å². The highest BCUT2D eigenvalue weighted by molar-refractivity contribution is 7.99. The first-order valence-corrected chi connectivity index (χ1v) is 14.3. The number of nitrogens with one attached hydrogen (secondary N) is 2. The number of fused-ring (bicyclic) bond motifs is 3. The molecule has 0 radical (unpaired) electrons. The topological polar surface area (TPSA) is 102 Å². The minimum Gasteiger partial charge on any atom is -0.376 e. The first-order valence-electron chi connectivity index (χ1n) is 12.5. The molecular formula is C27H27FN4O4S2. The van der Waals surface area contributed by atoms with E-state index in [2.05, 4.69) is 10.6 Å². The Kier molecular flexibility index (Phi) is 8.35. The van der Waals surface area contributed by atoms with Crippen molar-refractivity contribution >= 4 is 60.9 Å². The van der Waals surface area contributed by atoms with Gasteiger partial charge in [0.05, 0.1) is 23.1 Å². The van der Waals surface area contributed by atoms with Gasteiger partial charge in [-0.2, -0.15) is 0 Å². The van der Waals surface area contributed by atoms with Crippen LogP contribution in [0.25, 0.3) is 20.3 Å². The fourth-order valence-electron chi connectivity index (χ4n) is 4.36. The maximum Gasteiger partial charge on any atom is 0.272 e. The van der Waals surface area contributed by atoms with Gasteiger partial charge < -0.3 is 15.4 Å². The van der Waals surface area contributed by atoms with E-state index in [1.807, 2.05) is 24.3 Å². The summed E-state index contributed by atoms with van der Waals surface area (Å²) in [6.45, 7) is 1.50. The van der Waals surface area contributed by atoms with Crippen molar-refractivity contribution in [2.24, 2.45) is 0 Å². The van der Waals surface area contributed by atoms with Crippen molar-refractivity contribution in [2.75, 3.05) is 24.2 Å². The van der Waals surface area contributed by atoms with Gasteiger partial charge in [-0.05, 0) is 37.5 Å². The van der Waals surface area contributed by atoms with E-state index >= 15 is 0 Å². The quantitative estimate of drug-likeness (QED) is 0.220. The second-order valence-electron chi connectivity index (χ2n) is 8.99. The standard InChI is InChI=1S/C27H27FN4O4S2/c28-19-9-2-3-10-20(19)30-23(34)16-37-27-31-24-18-8-1-4-11-21(18)38-25(24)26(35)32(27)13-5-12-22(33)29-15-17-7-6-14-36-17/h1-4,8-11,17H,5-7,12-16H2,(H,29,33)(H,30,34)/t17-/m0/s1. The molecule has 2 aromatic carbocycles. The number of hydrogen-bond donors (Lipinski definition) is 2. The van der Waals surface area contributed by atoms with Crippen LogP contribution in [-0.4, -0.2) is 46.4 Å². The molecule has 0 spiro atoms. The summed E-state index contributed by atoms with van der Waals surface area (Å²) in [4.78, 5) is 43.2. The molecule has 198 valence electrons. The summed E-state index contributed by atoms with van der Waals surface area (Å²) in [6, 6.07) is 13.6. The van der Waals surface area contributed by atoms with E-state index in [9.17, 15) is 18.8 Å². The Morgan fingerprint density at radius 1 is 1.16 bits per heavy atom. The van der Waals surface area contributed by atoms with Crippen molar-refractivity contribution in [1.29, 1.82) is 0 Å². The Bertz CT molecular complexity index is 1530. The fraction of sp³-hybridized carbons (Fsp3) is 0.333. The lowest BCUT2D eigenvalue weighted by Gasteiger charge is -2.13. The Morgan fingerprint density at radius 3 is 2.79 bits per heavy atom. The molecule has 3 heterocycles. The highest BCUT2D eigenvalue weighted by Crippen LogP contribution is 2.32. The van der Waals surface area contributed by atoms with Crippen molar-refractivity contribution in [3.05, 3.63) is 64.7 Å². The average molecular weight is 555 g/mol. The van der Waals surface area contributed by atoms with Gasteiger partial charge in [0.2, 0.25) is 11.8 Å². The fourth-order valence-corrected chi connectivity index (χ4v) is 6.27. The Morgan fingerprint density at radius 2 is 1.97 bits per heavy atom. The van der Waals surface area contributed by atoms with Gasteiger partial charge in [-0.1, -0.05) is 42.1 Å². The zero-order valence-corrected chi connectivity index (χ0v) is 22.2. The molecule has 0 bridgehead atoms. The van der Waals surface area contributed by atoms with Gasteiger partial charge >= 0.3 is 0 Å². The second kappa shape index (κ2) is 12.1. The predicted octanol–water partition coefficient (Wildman–Crippen LogP) is 4.56. The number of carbonyl (C=O) groups excluding carboxylic acids is 2. The Labute approximate surface area is 226 Å². The van der Waals surface area contributed by atoms with Crippen LogP contribution in [0.5, 0.6) is 0 Å². The van der Waals surface area contributed by atoms with Crippen molar-refractivity contribution in [1.82, 2.24) is 14.9 Å². The summed E-state index contributed by atoms with van der Waals surface area (Å²) >= 11 is 2.49. The summed E-state index contributed by atoms with van der Waals surface area (Å²) in [5.74, 6) is -1.09. The third-order valence-electron chi connectivity index (χ3n) is 6.26. The number of benzene rings is 2. The van der Waals surface area contributed by atoms with Crippen LogP contribution < -0.4 is 16.2 Å². The third-order valence-corrected chi connectivity index (χ3v) is 8.39. The van der Waals surface area contributed by atoms with Crippen LogP contribution in [0, 0.1) is 5.82 Å². The molecule has 0 saturated carbocycles. The summed E-state index contributed by atoms with van der Waals surface area (Å²) < 4.78 is 22.5. The zero-order chi connectivity index (χ0) is 26.5. The van der Waals surface area contributed by atoms with Gasteiger partial charge in [0, 0.05) is 36.2 Å². The summed E-state index contributed by atoms with van der Waals surface area (Å²) in [5.41, 5.74) is 0.489. The van der Waals surface area contributed by atoms with Crippen molar-refractivity contribution in [2.45, 2.75) is 43.5 Å². The molecule has 5 rings (SSSR count). The number of hydrogen-bond acceptors (Lipinski definition) is 7. The number of rotatable bonds is 10. The maximum absolute atomic E-state index is 13.9. The van der Waals surface area contributed by atoms with E-state index in [0.717, 1.165) is 41.3 Å². The van der Waals surface area contributed by atoms with E-state index in [0.29, 0.717) is 28.3 Å². The van der Waals surface area contributed by atoms with Gasteiger partial charge in [0.25, 0.3) is 5.56 Å². The van der Waals surface area contributed by atoms with Crippen LogP contribution in [0.3, 0.4) is 0 Å². The van der Waals surface area contributed by atoms with E-state index in [-0.39, 0.29) is 42.0 Å². The van der Waals surface area contributed by atoms with Crippen LogP contribution in [0.2, 0.25) is 0 Å². The second-order valence-corrected chi connectivity index (χ2v) is 11.0. The molecule has 38 heavy (non-hydrogen) atoms. The van der Waals surface area contributed by atoms with Crippen molar-refractivity contribution in [3.8, 4) is 0 Å². The average Bonchev–Trinajstić information content (AvgIpc) is 3.57. The van der Waals surface area contributed by atoms with Crippen LogP contribution in [0.4, 0.5) is 10.1 Å².